The van der Waals surface area contributed by atoms with Gasteiger partial charge in [-0.25, -0.2) is 4.79 Å². The van der Waals surface area contributed by atoms with Crippen molar-refractivity contribution in [2.75, 3.05) is 18.4 Å². The van der Waals surface area contributed by atoms with Crippen LogP contribution in [-0.2, 0) is 21.9 Å². The first-order chi connectivity index (χ1) is 13.0. The van der Waals surface area contributed by atoms with Crippen LogP contribution >= 0.6 is 0 Å². The molecule has 1 saturated heterocycles. The number of halogens is 6. The second-order valence-electron chi connectivity index (χ2n) is 7.80. The van der Waals surface area contributed by atoms with Crippen molar-refractivity contribution in [3.05, 3.63) is 29.3 Å². The maximum atomic E-state index is 12.9. The van der Waals surface area contributed by atoms with E-state index in [0.29, 0.717) is 12.1 Å². The third kappa shape index (κ3) is 6.53. The second-order valence-corrected chi connectivity index (χ2v) is 7.80. The molecule has 0 saturated carbocycles. The van der Waals surface area contributed by atoms with Gasteiger partial charge in [-0.3, -0.25) is 4.79 Å². The molecule has 2 amide bonds. The smallest absolute Gasteiger partial charge is 0.416 e. The number of carbonyl (C=O) groups is 2. The molecule has 1 fully saturated rings. The third-order valence-electron chi connectivity index (χ3n) is 3.95. The van der Waals surface area contributed by atoms with E-state index in [1.165, 1.54) is 4.90 Å². The average molecular weight is 426 g/mol. The summed E-state index contributed by atoms with van der Waals surface area (Å²) in [4.78, 5) is 25.2. The van der Waals surface area contributed by atoms with E-state index in [0.717, 1.165) is 0 Å². The predicted molar refractivity (Wildman–Crippen MR) is 91.0 cm³/mol. The molecule has 162 valence electrons. The second kappa shape index (κ2) is 7.75. The third-order valence-corrected chi connectivity index (χ3v) is 3.95. The van der Waals surface area contributed by atoms with Crippen molar-refractivity contribution in [1.82, 2.24) is 4.90 Å². The zero-order valence-corrected chi connectivity index (χ0v) is 15.9. The number of hydrogen-bond donors (Lipinski definition) is 1. The van der Waals surface area contributed by atoms with Crippen LogP contribution in [0.15, 0.2) is 18.2 Å². The summed E-state index contributed by atoms with van der Waals surface area (Å²) in [6.45, 7) is 5.50. The highest BCUT2D eigenvalue weighted by Gasteiger charge is 2.38. The van der Waals surface area contributed by atoms with Crippen molar-refractivity contribution < 1.29 is 40.7 Å². The standard InChI is InChI=1S/C18H20F6N2O3/c1-16(2,3)29-15(28)26-8-10(9-26)4-14(27)25-13-6-11(17(19,20)21)5-12(7-13)18(22,23)24/h5-7,10H,4,8-9H2,1-3H3,(H,25,27). The van der Waals surface area contributed by atoms with Gasteiger partial charge in [-0.1, -0.05) is 0 Å². The SMILES string of the molecule is CC(C)(C)OC(=O)N1CC(CC(=O)Nc2cc(C(F)(F)F)cc(C(F)(F)F)c2)C1. The predicted octanol–water partition coefficient (Wildman–Crippen LogP) is 4.92. The van der Waals surface area contributed by atoms with Crippen molar-refractivity contribution in [3.63, 3.8) is 0 Å². The molecule has 0 aliphatic carbocycles. The fourth-order valence-electron chi connectivity index (χ4n) is 2.68. The summed E-state index contributed by atoms with van der Waals surface area (Å²) in [5, 5.41) is 2.07. The van der Waals surface area contributed by atoms with E-state index < -0.39 is 46.8 Å². The highest BCUT2D eigenvalue weighted by Crippen LogP contribution is 2.37. The number of anilines is 1. The molecule has 29 heavy (non-hydrogen) atoms. The van der Waals surface area contributed by atoms with Crippen molar-refractivity contribution in [3.8, 4) is 0 Å². The number of nitrogens with zero attached hydrogens (tertiary/aromatic N) is 1. The van der Waals surface area contributed by atoms with Crippen LogP contribution in [0.2, 0.25) is 0 Å². The summed E-state index contributed by atoms with van der Waals surface area (Å²) in [7, 11) is 0. The lowest BCUT2D eigenvalue weighted by atomic mass is 9.96. The maximum absolute atomic E-state index is 12.9. The minimum absolute atomic E-state index is 0.0136. The van der Waals surface area contributed by atoms with Gasteiger partial charge in [0.05, 0.1) is 11.1 Å². The summed E-state index contributed by atoms with van der Waals surface area (Å²) in [6.07, 6.45) is -10.7. The Morgan fingerprint density at radius 3 is 1.90 bits per heavy atom. The first-order valence-electron chi connectivity index (χ1n) is 8.62. The Hall–Kier alpha value is -2.46. The molecule has 0 spiro atoms. The number of hydrogen-bond acceptors (Lipinski definition) is 3. The van der Waals surface area contributed by atoms with Gasteiger partial charge in [-0.2, -0.15) is 26.3 Å². The van der Waals surface area contributed by atoms with Crippen LogP contribution in [0.25, 0.3) is 0 Å². The average Bonchev–Trinajstić information content (AvgIpc) is 2.46. The fraction of sp³-hybridized carbons (Fsp3) is 0.556. The van der Waals surface area contributed by atoms with Crippen LogP contribution in [0, 0.1) is 5.92 Å². The summed E-state index contributed by atoms with van der Waals surface area (Å²) < 4.78 is 82.3. The van der Waals surface area contributed by atoms with Crippen LogP contribution < -0.4 is 5.32 Å². The molecule has 1 aliphatic rings. The Morgan fingerprint density at radius 2 is 1.48 bits per heavy atom. The topological polar surface area (TPSA) is 58.6 Å². The van der Waals surface area contributed by atoms with E-state index in [-0.39, 0.29) is 31.5 Å². The molecule has 0 bridgehead atoms. The Morgan fingerprint density at radius 1 is 1.00 bits per heavy atom. The van der Waals surface area contributed by atoms with E-state index in [1.807, 2.05) is 0 Å². The number of benzene rings is 1. The molecule has 0 aromatic heterocycles. The lowest BCUT2D eigenvalue weighted by Gasteiger charge is -2.39. The van der Waals surface area contributed by atoms with Gasteiger partial charge in [0.2, 0.25) is 5.91 Å². The molecule has 1 aliphatic heterocycles. The summed E-state index contributed by atoms with van der Waals surface area (Å²) in [5.74, 6) is -1.01. The molecular formula is C18H20F6N2O3. The van der Waals surface area contributed by atoms with Crippen LogP contribution in [0.4, 0.5) is 36.8 Å². The summed E-state index contributed by atoms with van der Waals surface area (Å²) >= 11 is 0. The highest BCUT2D eigenvalue weighted by molar-refractivity contribution is 5.91. The molecule has 1 heterocycles. The Bertz CT molecular complexity index is 745. The Kier molecular flexibility index (Phi) is 6.10. The van der Waals surface area contributed by atoms with Crippen molar-refractivity contribution in [2.45, 2.75) is 45.1 Å². The number of nitrogens with one attached hydrogen (secondary N) is 1. The van der Waals surface area contributed by atoms with Crippen LogP contribution in [0.3, 0.4) is 0 Å². The van der Waals surface area contributed by atoms with Gasteiger partial charge >= 0.3 is 18.4 Å². The molecule has 0 atom stereocenters. The molecule has 5 nitrogen and oxygen atoms in total. The first kappa shape index (κ1) is 22.8. The number of rotatable bonds is 3. The number of alkyl halides is 6. The Labute approximate surface area is 163 Å². The maximum Gasteiger partial charge on any atom is 0.416 e. The molecule has 1 N–H and O–H groups in total. The molecule has 2 rings (SSSR count). The zero-order valence-electron chi connectivity index (χ0n) is 15.9. The molecule has 1 aromatic rings. The van der Waals surface area contributed by atoms with Crippen LogP contribution in [0.1, 0.15) is 38.3 Å². The van der Waals surface area contributed by atoms with Crippen LogP contribution in [0.5, 0.6) is 0 Å². The van der Waals surface area contributed by atoms with Gasteiger partial charge < -0.3 is 15.0 Å². The van der Waals surface area contributed by atoms with Gasteiger partial charge in [-0.15, -0.1) is 0 Å². The van der Waals surface area contributed by atoms with Crippen molar-refractivity contribution in [2.24, 2.45) is 5.92 Å². The quantitative estimate of drug-likeness (QED) is 0.698. The molecule has 1 aromatic carbocycles. The van der Waals surface area contributed by atoms with E-state index in [9.17, 15) is 35.9 Å². The van der Waals surface area contributed by atoms with Gasteiger partial charge in [0.1, 0.15) is 5.60 Å². The largest absolute Gasteiger partial charge is 0.444 e. The molecule has 0 unspecified atom stereocenters. The molecule has 11 heteroatoms. The normalized spacial score (nSPS) is 15.7. The van der Waals surface area contributed by atoms with Gasteiger partial charge in [0, 0.05) is 31.1 Å². The minimum atomic E-state index is -5.00. The number of amides is 2. The van der Waals surface area contributed by atoms with Crippen molar-refractivity contribution in [1.29, 1.82) is 0 Å². The Balaban J connectivity index is 1.99. The van der Waals surface area contributed by atoms with E-state index in [4.69, 9.17) is 4.74 Å². The molecular weight excluding hydrogens is 406 g/mol. The van der Waals surface area contributed by atoms with E-state index >= 15 is 0 Å². The lowest BCUT2D eigenvalue weighted by Crippen LogP contribution is -2.52. The molecule has 0 radical (unpaired) electrons. The van der Waals surface area contributed by atoms with Gasteiger partial charge in [-0.05, 0) is 39.0 Å². The first-order valence-corrected chi connectivity index (χ1v) is 8.62. The van der Waals surface area contributed by atoms with E-state index in [2.05, 4.69) is 5.32 Å². The van der Waals surface area contributed by atoms with E-state index in [1.54, 1.807) is 20.8 Å². The number of ether oxygens (including phenoxy) is 1. The van der Waals surface area contributed by atoms with Gasteiger partial charge in [0.25, 0.3) is 0 Å². The van der Waals surface area contributed by atoms with Gasteiger partial charge in [0.15, 0.2) is 0 Å². The van der Waals surface area contributed by atoms with Crippen LogP contribution in [-0.4, -0.2) is 35.6 Å². The summed E-state index contributed by atoms with van der Waals surface area (Å²) in [5.41, 5.74) is -4.30. The fourth-order valence-corrected chi connectivity index (χ4v) is 2.68. The summed E-state index contributed by atoms with van der Waals surface area (Å²) in [6, 6.07) is 0.877. The highest BCUT2D eigenvalue weighted by atomic mass is 19.4. The van der Waals surface area contributed by atoms with Crippen molar-refractivity contribution >= 4 is 17.7 Å². The number of carbonyl (C=O) groups excluding carboxylic acids is 2. The lowest BCUT2D eigenvalue weighted by molar-refractivity contribution is -0.143. The monoisotopic (exact) mass is 426 g/mol. The minimum Gasteiger partial charge on any atom is -0.444 e. The number of likely N-dealkylation sites (tertiary alicyclic amines) is 1. The zero-order chi connectivity index (χ0) is 22.2.